The highest BCUT2D eigenvalue weighted by Gasteiger charge is 2.38. The van der Waals surface area contributed by atoms with Crippen LogP contribution in [0.1, 0.15) is 45.1 Å². The second kappa shape index (κ2) is 7.28. The Morgan fingerprint density at radius 2 is 1.86 bits per heavy atom. The Labute approximate surface area is 128 Å². The Morgan fingerprint density at radius 1 is 1.24 bits per heavy atom. The van der Waals surface area contributed by atoms with Crippen molar-refractivity contribution in [2.24, 2.45) is 0 Å². The molecule has 2 atom stereocenters. The predicted molar refractivity (Wildman–Crippen MR) is 86.8 cm³/mol. The molecule has 1 N–H and O–H groups in total. The molecule has 0 radical (unpaired) electrons. The van der Waals surface area contributed by atoms with E-state index in [0.29, 0.717) is 0 Å². The number of rotatable bonds is 7. The van der Waals surface area contributed by atoms with E-state index in [-0.39, 0.29) is 11.6 Å². The molecule has 0 saturated carbocycles. The summed E-state index contributed by atoms with van der Waals surface area (Å²) in [4.78, 5) is 2.48. The molecule has 118 valence electrons. The third-order valence-electron chi connectivity index (χ3n) is 5.13. The Bertz CT molecular complexity index is 425. The number of hydrogen-bond acceptors (Lipinski definition) is 3. The van der Waals surface area contributed by atoms with Crippen LogP contribution >= 0.6 is 0 Å². The van der Waals surface area contributed by atoms with Gasteiger partial charge in [0, 0.05) is 5.54 Å². The maximum Gasteiger partial charge on any atom is 0.118 e. The normalized spacial score (nSPS) is 20.2. The van der Waals surface area contributed by atoms with E-state index in [1.54, 1.807) is 7.11 Å². The van der Waals surface area contributed by atoms with Crippen LogP contribution in [0.4, 0.5) is 0 Å². The van der Waals surface area contributed by atoms with E-state index in [2.05, 4.69) is 30.9 Å². The van der Waals surface area contributed by atoms with Crippen molar-refractivity contribution in [3.8, 4) is 5.75 Å². The lowest BCUT2D eigenvalue weighted by atomic mass is 9.86. The molecule has 3 nitrogen and oxygen atoms in total. The number of aliphatic hydroxyl groups is 1. The van der Waals surface area contributed by atoms with Crippen molar-refractivity contribution in [3.05, 3.63) is 29.8 Å². The van der Waals surface area contributed by atoms with Crippen LogP contribution in [0.25, 0.3) is 0 Å². The number of hydrogen-bond donors (Lipinski definition) is 1. The standard InChI is InChI=1S/C18H29NO2/c1-4-18(2,19-13-5-6-14-19)17(20)12-9-15-7-10-16(21-3)11-8-15/h7-8,10-11,17,20H,4-6,9,12-14H2,1-3H3. The SMILES string of the molecule is CCC(C)(C(O)CCc1ccc(OC)cc1)N1CCCC1. The van der Waals surface area contributed by atoms with Gasteiger partial charge in [0.1, 0.15) is 5.75 Å². The quantitative estimate of drug-likeness (QED) is 0.837. The van der Waals surface area contributed by atoms with Crippen molar-refractivity contribution in [2.75, 3.05) is 20.2 Å². The largest absolute Gasteiger partial charge is 0.497 e. The van der Waals surface area contributed by atoms with Crippen LogP contribution < -0.4 is 4.74 Å². The summed E-state index contributed by atoms with van der Waals surface area (Å²) in [5, 5.41) is 10.7. The third-order valence-corrected chi connectivity index (χ3v) is 5.13. The summed E-state index contributed by atoms with van der Waals surface area (Å²) >= 11 is 0. The molecule has 1 fully saturated rings. The summed E-state index contributed by atoms with van der Waals surface area (Å²) in [6.07, 6.45) is 4.97. The first-order valence-corrected chi connectivity index (χ1v) is 8.16. The topological polar surface area (TPSA) is 32.7 Å². The van der Waals surface area contributed by atoms with Gasteiger partial charge in [-0.05, 0) is 69.8 Å². The summed E-state index contributed by atoms with van der Waals surface area (Å²) < 4.78 is 5.18. The molecular weight excluding hydrogens is 262 g/mol. The van der Waals surface area contributed by atoms with E-state index in [4.69, 9.17) is 4.74 Å². The smallest absolute Gasteiger partial charge is 0.118 e. The molecular formula is C18H29NO2. The number of nitrogens with zero attached hydrogens (tertiary/aromatic N) is 1. The number of aliphatic hydroxyl groups excluding tert-OH is 1. The van der Waals surface area contributed by atoms with E-state index in [1.807, 2.05) is 12.1 Å². The van der Waals surface area contributed by atoms with Crippen LogP contribution in [-0.2, 0) is 6.42 Å². The number of aryl methyl sites for hydroxylation is 1. The van der Waals surface area contributed by atoms with Crippen molar-refractivity contribution in [1.29, 1.82) is 0 Å². The molecule has 1 aliphatic rings. The predicted octanol–water partition coefficient (Wildman–Crippen LogP) is 3.25. The molecule has 2 rings (SSSR count). The summed E-state index contributed by atoms with van der Waals surface area (Å²) in [5.74, 6) is 0.884. The van der Waals surface area contributed by atoms with Gasteiger partial charge in [-0.25, -0.2) is 0 Å². The molecule has 0 bridgehead atoms. The number of benzene rings is 1. The van der Waals surface area contributed by atoms with Crippen molar-refractivity contribution in [1.82, 2.24) is 4.90 Å². The number of likely N-dealkylation sites (tertiary alicyclic amines) is 1. The zero-order valence-corrected chi connectivity index (χ0v) is 13.6. The number of methoxy groups -OCH3 is 1. The van der Waals surface area contributed by atoms with Crippen LogP contribution in [0.5, 0.6) is 5.75 Å². The zero-order valence-electron chi connectivity index (χ0n) is 13.6. The van der Waals surface area contributed by atoms with Gasteiger partial charge in [0.15, 0.2) is 0 Å². The molecule has 0 spiro atoms. The average Bonchev–Trinajstić information content (AvgIpc) is 3.07. The fourth-order valence-corrected chi connectivity index (χ4v) is 3.30. The molecule has 1 aliphatic heterocycles. The van der Waals surface area contributed by atoms with Crippen LogP contribution in [0.2, 0.25) is 0 Å². The van der Waals surface area contributed by atoms with Crippen LogP contribution in [0.15, 0.2) is 24.3 Å². The maximum absolute atomic E-state index is 10.7. The van der Waals surface area contributed by atoms with Crippen LogP contribution in [0.3, 0.4) is 0 Å². The van der Waals surface area contributed by atoms with E-state index < -0.39 is 0 Å². The fourth-order valence-electron chi connectivity index (χ4n) is 3.30. The fraction of sp³-hybridized carbons (Fsp3) is 0.667. The highest BCUT2D eigenvalue weighted by atomic mass is 16.5. The van der Waals surface area contributed by atoms with E-state index in [0.717, 1.165) is 38.1 Å². The third kappa shape index (κ3) is 3.78. The van der Waals surface area contributed by atoms with Gasteiger partial charge in [-0.15, -0.1) is 0 Å². The van der Waals surface area contributed by atoms with E-state index in [9.17, 15) is 5.11 Å². The van der Waals surface area contributed by atoms with Crippen molar-refractivity contribution in [2.45, 2.75) is 57.6 Å². The Balaban J connectivity index is 1.93. The van der Waals surface area contributed by atoms with Gasteiger partial charge in [-0.1, -0.05) is 19.1 Å². The molecule has 2 unspecified atom stereocenters. The Morgan fingerprint density at radius 3 is 2.38 bits per heavy atom. The molecule has 21 heavy (non-hydrogen) atoms. The molecule has 1 aromatic carbocycles. The van der Waals surface area contributed by atoms with Crippen molar-refractivity contribution in [3.63, 3.8) is 0 Å². The minimum atomic E-state index is -0.275. The maximum atomic E-state index is 10.7. The zero-order chi connectivity index (χ0) is 15.3. The second-order valence-corrected chi connectivity index (χ2v) is 6.31. The molecule has 1 heterocycles. The molecule has 1 saturated heterocycles. The minimum absolute atomic E-state index is 0.0804. The highest BCUT2D eigenvalue weighted by molar-refractivity contribution is 5.27. The van der Waals surface area contributed by atoms with Crippen molar-refractivity contribution < 1.29 is 9.84 Å². The monoisotopic (exact) mass is 291 g/mol. The first-order valence-electron chi connectivity index (χ1n) is 8.16. The minimum Gasteiger partial charge on any atom is -0.497 e. The van der Waals surface area contributed by atoms with Crippen LogP contribution in [-0.4, -0.2) is 41.8 Å². The Hall–Kier alpha value is -1.06. The molecule has 0 amide bonds. The molecule has 1 aromatic rings. The molecule has 0 aromatic heterocycles. The van der Waals surface area contributed by atoms with Crippen molar-refractivity contribution >= 4 is 0 Å². The summed E-state index contributed by atoms with van der Waals surface area (Å²) in [6, 6.07) is 8.15. The molecule has 0 aliphatic carbocycles. The second-order valence-electron chi connectivity index (χ2n) is 6.31. The van der Waals surface area contributed by atoms with E-state index in [1.165, 1.54) is 18.4 Å². The lowest BCUT2D eigenvalue weighted by Gasteiger charge is -2.42. The van der Waals surface area contributed by atoms with E-state index >= 15 is 0 Å². The van der Waals surface area contributed by atoms with Crippen LogP contribution in [0, 0.1) is 0 Å². The van der Waals surface area contributed by atoms with Gasteiger partial charge < -0.3 is 9.84 Å². The van der Waals surface area contributed by atoms with Gasteiger partial charge in [0.25, 0.3) is 0 Å². The summed E-state index contributed by atoms with van der Waals surface area (Å²) in [6.45, 7) is 6.67. The average molecular weight is 291 g/mol. The van der Waals surface area contributed by atoms with Gasteiger partial charge >= 0.3 is 0 Å². The van der Waals surface area contributed by atoms with Gasteiger partial charge in [0.05, 0.1) is 13.2 Å². The number of ether oxygens (including phenoxy) is 1. The lowest BCUT2D eigenvalue weighted by molar-refractivity contribution is -0.0163. The lowest BCUT2D eigenvalue weighted by Crippen LogP contribution is -2.53. The first-order chi connectivity index (χ1) is 10.1. The highest BCUT2D eigenvalue weighted by Crippen LogP contribution is 2.30. The summed E-state index contributed by atoms with van der Waals surface area (Å²) in [7, 11) is 1.68. The van der Waals surface area contributed by atoms with Gasteiger partial charge in [0.2, 0.25) is 0 Å². The van der Waals surface area contributed by atoms with Gasteiger partial charge in [-0.3, -0.25) is 4.90 Å². The Kier molecular flexibility index (Phi) is 5.65. The molecule has 3 heteroatoms. The summed E-state index contributed by atoms with van der Waals surface area (Å²) in [5.41, 5.74) is 1.18. The first kappa shape index (κ1) is 16.3. The van der Waals surface area contributed by atoms with Gasteiger partial charge in [-0.2, -0.15) is 0 Å².